The van der Waals surface area contributed by atoms with E-state index in [1.807, 2.05) is 13.0 Å². The summed E-state index contributed by atoms with van der Waals surface area (Å²) in [5, 5.41) is 12.7. The van der Waals surface area contributed by atoms with E-state index in [0.717, 1.165) is 50.2 Å². The van der Waals surface area contributed by atoms with E-state index >= 15 is 0 Å². The van der Waals surface area contributed by atoms with E-state index in [1.165, 1.54) is 0 Å². The Hall–Kier alpha value is -2.48. The van der Waals surface area contributed by atoms with Crippen LogP contribution in [0, 0.1) is 6.92 Å². The molecule has 0 spiro atoms. The lowest BCUT2D eigenvalue weighted by atomic mass is 10.1. The van der Waals surface area contributed by atoms with Gasteiger partial charge in [-0.25, -0.2) is 4.79 Å². The lowest BCUT2D eigenvalue weighted by Gasteiger charge is -2.32. The second-order valence-electron chi connectivity index (χ2n) is 7.96. The third-order valence-corrected chi connectivity index (χ3v) is 6.41. The molecular formula is C24H28Cl2N2O5. The van der Waals surface area contributed by atoms with Crippen molar-refractivity contribution in [3.8, 4) is 11.5 Å². The molecule has 0 bridgehead atoms. The van der Waals surface area contributed by atoms with Crippen LogP contribution in [0.4, 0.5) is 0 Å². The number of piperidine rings is 1. The van der Waals surface area contributed by atoms with Crippen LogP contribution in [0.3, 0.4) is 0 Å². The zero-order valence-electron chi connectivity index (χ0n) is 18.5. The highest BCUT2D eigenvalue weighted by Gasteiger charge is 2.21. The minimum absolute atomic E-state index is 0.146. The molecule has 3 rings (SSSR count). The molecule has 33 heavy (non-hydrogen) atoms. The quantitative estimate of drug-likeness (QED) is 0.475. The van der Waals surface area contributed by atoms with Gasteiger partial charge >= 0.3 is 5.97 Å². The number of benzene rings is 2. The highest BCUT2D eigenvalue weighted by atomic mass is 35.5. The average molecular weight is 495 g/mol. The molecule has 9 heteroatoms. The molecule has 0 atom stereocenters. The van der Waals surface area contributed by atoms with Crippen molar-refractivity contribution in [1.29, 1.82) is 0 Å². The molecule has 1 fully saturated rings. The van der Waals surface area contributed by atoms with Crippen LogP contribution in [-0.4, -0.2) is 60.8 Å². The summed E-state index contributed by atoms with van der Waals surface area (Å²) in [6.45, 7) is 4.77. The fourth-order valence-electron chi connectivity index (χ4n) is 3.67. The highest BCUT2D eigenvalue weighted by molar-refractivity contribution is 6.42. The largest absolute Gasteiger partial charge is 0.490 e. The number of aliphatic carboxylic acids is 1. The summed E-state index contributed by atoms with van der Waals surface area (Å²) >= 11 is 12.3. The number of nitrogens with one attached hydrogen (secondary N) is 1. The van der Waals surface area contributed by atoms with E-state index in [1.54, 1.807) is 30.3 Å². The summed E-state index contributed by atoms with van der Waals surface area (Å²) in [6.07, 6.45) is 2.83. The highest BCUT2D eigenvalue weighted by Crippen LogP contribution is 2.33. The van der Waals surface area contributed by atoms with Crippen LogP contribution in [0.2, 0.25) is 10.0 Å². The Morgan fingerprint density at radius 3 is 2.67 bits per heavy atom. The molecule has 7 nitrogen and oxygen atoms in total. The fraction of sp³-hybridized carbons (Fsp3) is 0.417. The number of carbonyl (C=O) groups excluding carboxylic acids is 1. The summed E-state index contributed by atoms with van der Waals surface area (Å²) in [5.41, 5.74) is 1.30. The number of rotatable bonds is 10. The predicted octanol–water partition coefficient (Wildman–Crippen LogP) is 4.43. The second-order valence-corrected chi connectivity index (χ2v) is 8.75. The maximum Gasteiger partial charge on any atom is 0.341 e. The summed E-state index contributed by atoms with van der Waals surface area (Å²) < 4.78 is 11.3. The van der Waals surface area contributed by atoms with Gasteiger partial charge in [0.15, 0.2) is 6.61 Å². The minimum Gasteiger partial charge on any atom is -0.490 e. The maximum absolute atomic E-state index is 12.3. The zero-order valence-corrected chi connectivity index (χ0v) is 20.0. The molecule has 2 N–H and O–H groups in total. The summed E-state index contributed by atoms with van der Waals surface area (Å²) in [5.74, 6) is -0.140. The van der Waals surface area contributed by atoms with E-state index in [9.17, 15) is 9.59 Å². The molecule has 178 valence electrons. The monoisotopic (exact) mass is 494 g/mol. The Morgan fingerprint density at radius 1 is 1.18 bits per heavy atom. The first-order valence-electron chi connectivity index (χ1n) is 10.9. The minimum atomic E-state index is -1.06. The van der Waals surface area contributed by atoms with Crippen molar-refractivity contribution in [2.24, 2.45) is 0 Å². The second kappa shape index (κ2) is 12.1. The zero-order chi connectivity index (χ0) is 23.8. The number of hydrogen-bond donors (Lipinski definition) is 2. The molecule has 0 saturated carbocycles. The molecule has 0 aliphatic carbocycles. The molecule has 0 unspecified atom stereocenters. The number of nitrogens with zero attached hydrogens (tertiary/aromatic N) is 1. The maximum atomic E-state index is 12.3. The van der Waals surface area contributed by atoms with Crippen molar-refractivity contribution >= 4 is 35.1 Å². The summed E-state index contributed by atoms with van der Waals surface area (Å²) in [4.78, 5) is 25.3. The van der Waals surface area contributed by atoms with Gasteiger partial charge in [0.25, 0.3) is 5.91 Å². The van der Waals surface area contributed by atoms with Gasteiger partial charge in [-0.05, 0) is 63.1 Å². The van der Waals surface area contributed by atoms with Crippen LogP contribution in [0.15, 0.2) is 36.4 Å². The van der Waals surface area contributed by atoms with Gasteiger partial charge in [-0.1, -0.05) is 29.3 Å². The SMILES string of the molecule is Cc1c(OC2CCN(CCCNC(=O)c3cccc(OCC(=O)O)c3)CC2)ccc(Cl)c1Cl. The van der Waals surface area contributed by atoms with Crippen molar-refractivity contribution < 1.29 is 24.2 Å². The molecule has 1 aliphatic heterocycles. The fourth-order valence-corrected chi connectivity index (χ4v) is 4.03. The van der Waals surface area contributed by atoms with Crippen LogP contribution in [-0.2, 0) is 4.79 Å². The first-order chi connectivity index (χ1) is 15.8. The average Bonchev–Trinajstić information content (AvgIpc) is 2.82. The number of likely N-dealkylation sites (tertiary alicyclic amines) is 1. The molecule has 2 aromatic carbocycles. The number of carbonyl (C=O) groups is 2. The van der Waals surface area contributed by atoms with Gasteiger partial charge < -0.3 is 24.8 Å². The van der Waals surface area contributed by atoms with Gasteiger partial charge in [-0.2, -0.15) is 0 Å². The van der Waals surface area contributed by atoms with Gasteiger partial charge in [0.2, 0.25) is 0 Å². The van der Waals surface area contributed by atoms with E-state index < -0.39 is 12.6 Å². The molecule has 1 heterocycles. The molecule has 0 radical (unpaired) electrons. The Balaban J connectivity index is 1.35. The number of amides is 1. The van der Waals surface area contributed by atoms with Gasteiger partial charge in [0.1, 0.15) is 17.6 Å². The van der Waals surface area contributed by atoms with Gasteiger partial charge in [0, 0.05) is 30.8 Å². The molecule has 1 saturated heterocycles. The number of hydrogen-bond acceptors (Lipinski definition) is 5. The molecule has 1 aliphatic rings. The smallest absolute Gasteiger partial charge is 0.341 e. The van der Waals surface area contributed by atoms with Gasteiger partial charge in [-0.15, -0.1) is 0 Å². The first-order valence-corrected chi connectivity index (χ1v) is 11.7. The van der Waals surface area contributed by atoms with Gasteiger partial charge in [0.05, 0.1) is 10.0 Å². The number of carboxylic acid groups (broad SMARTS) is 1. The Kier molecular flexibility index (Phi) is 9.23. The van der Waals surface area contributed by atoms with Crippen molar-refractivity contribution in [3.05, 3.63) is 57.6 Å². The standard InChI is InChI=1S/C24H28Cl2N2O5/c1-16-21(7-6-20(25)23(16)26)33-18-8-12-28(13-9-18)11-3-10-27-24(31)17-4-2-5-19(14-17)32-15-22(29)30/h2,4-7,14,18H,3,8-13,15H2,1H3,(H,27,31)(H,29,30). The van der Waals surface area contributed by atoms with Crippen molar-refractivity contribution in [2.45, 2.75) is 32.3 Å². The third-order valence-electron chi connectivity index (χ3n) is 5.51. The van der Waals surface area contributed by atoms with Crippen LogP contribution >= 0.6 is 23.2 Å². The first kappa shape index (κ1) is 25.1. The van der Waals surface area contributed by atoms with Crippen LogP contribution in [0.5, 0.6) is 11.5 Å². The number of carboxylic acids is 1. The predicted molar refractivity (Wildman–Crippen MR) is 128 cm³/mol. The summed E-state index contributed by atoms with van der Waals surface area (Å²) in [7, 11) is 0. The number of halogens is 2. The lowest BCUT2D eigenvalue weighted by molar-refractivity contribution is -0.139. The third kappa shape index (κ3) is 7.52. The van der Waals surface area contributed by atoms with E-state index in [2.05, 4.69) is 10.2 Å². The van der Waals surface area contributed by atoms with Crippen LogP contribution in [0.1, 0.15) is 35.2 Å². The van der Waals surface area contributed by atoms with E-state index in [4.69, 9.17) is 37.8 Å². The molecule has 1 amide bonds. The molecule has 2 aromatic rings. The lowest BCUT2D eigenvalue weighted by Crippen LogP contribution is -2.39. The van der Waals surface area contributed by atoms with E-state index in [0.29, 0.717) is 27.9 Å². The van der Waals surface area contributed by atoms with Crippen molar-refractivity contribution in [2.75, 3.05) is 32.8 Å². The topological polar surface area (TPSA) is 88.1 Å². The van der Waals surface area contributed by atoms with E-state index in [-0.39, 0.29) is 12.0 Å². The molecule has 0 aromatic heterocycles. The van der Waals surface area contributed by atoms with Gasteiger partial charge in [-0.3, -0.25) is 4.79 Å². The Labute approximate surface area is 203 Å². The van der Waals surface area contributed by atoms with Crippen molar-refractivity contribution in [3.63, 3.8) is 0 Å². The Morgan fingerprint density at radius 2 is 1.94 bits per heavy atom. The number of ether oxygens (including phenoxy) is 2. The summed E-state index contributed by atoms with van der Waals surface area (Å²) in [6, 6.07) is 10.1. The molecular weight excluding hydrogens is 467 g/mol. The normalized spacial score (nSPS) is 14.6. The van der Waals surface area contributed by atoms with Crippen molar-refractivity contribution in [1.82, 2.24) is 10.2 Å². The Bertz CT molecular complexity index is 977. The van der Waals surface area contributed by atoms with Crippen LogP contribution in [0.25, 0.3) is 0 Å². The van der Waals surface area contributed by atoms with Crippen LogP contribution < -0.4 is 14.8 Å².